The Labute approximate surface area is 90.3 Å². The molecule has 78 valence electrons. The Balaban J connectivity index is 2.33. The van der Waals surface area contributed by atoms with Gasteiger partial charge in [-0.25, -0.2) is 0 Å². The molecule has 15 heavy (non-hydrogen) atoms. The molecule has 2 N–H and O–H groups in total. The summed E-state index contributed by atoms with van der Waals surface area (Å²) < 4.78 is 0. The number of aryl methyl sites for hydroxylation is 1. The third-order valence-electron chi connectivity index (χ3n) is 3.15. The molecule has 1 aromatic carbocycles. The highest BCUT2D eigenvalue weighted by atomic mass is 16.3. The van der Waals surface area contributed by atoms with Gasteiger partial charge in [0, 0.05) is 0 Å². The first-order valence-corrected chi connectivity index (χ1v) is 5.20. The molecule has 0 amide bonds. The van der Waals surface area contributed by atoms with Crippen LogP contribution in [0.2, 0.25) is 0 Å². The van der Waals surface area contributed by atoms with E-state index in [1.807, 2.05) is 12.1 Å². The van der Waals surface area contributed by atoms with Gasteiger partial charge in [-0.3, -0.25) is 5.32 Å². The van der Waals surface area contributed by atoms with E-state index < -0.39 is 0 Å². The molecule has 1 unspecified atom stereocenters. The average Bonchev–Trinajstić information content (AvgIpc) is 2.66. The van der Waals surface area contributed by atoms with E-state index in [1.165, 1.54) is 11.1 Å². The highest BCUT2D eigenvalue weighted by Crippen LogP contribution is 2.36. The standard InChI is InChI=1S/C13H15NO/c1-2-9-14-13(10-15)8-7-11-5-3-4-6-12(11)13/h1,3-6,14-15H,7-10H2. The van der Waals surface area contributed by atoms with Crippen molar-refractivity contribution < 1.29 is 5.11 Å². The van der Waals surface area contributed by atoms with Crippen molar-refractivity contribution >= 4 is 0 Å². The number of aliphatic hydroxyl groups excluding tert-OH is 1. The maximum absolute atomic E-state index is 9.56. The van der Waals surface area contributed by atoms with Crippen LogP contribution in [0.25, 0.3) is 0 Å². The number of aliphatic hydroxyl groups is 1. The zero-order valence-corrected chi connectivity index (χ0v) is 8.66. The number of hydrogen-bond acceptors (Lipinski definition) is 2. The number of fused-ring (bicyclic) bond motifs is 1. The number of terminal acetylenes is 1. The zero-order chi connectivity index (χ0) is 10.7. The largest absolute Gasteiger partial charge is 0.394 e. The molecule has 0 aromatic heterocycles. The summed E-state index contributed by atoms with van der Waals surface area (Å²) >= 11 is 0. The van der Waals surface area contributed by atoms with Crippen molar-refractivity contribution in [3.05, 3.63) is 35.4 Å². The first-order valence-electron chi connectivity index (χ1n) is 5.20. The number of rotatable bonds is 3. The molecule has 0 radical (unpaired) electrons. The van der Waals surface area contributed by atoms with Crippen molar-refractivity contribution in [3.8, 4) is 12.3 Å². The maximum atomic E-state index is 9.56. The molecule has 0 aliphatic heterocycles. The van der Waals surface area contributed by atoms with Crippen LogP contribution in [0.3, 0.4) is 0 Å². The first kappa shape index (κ1) is 10.2. The summed E-state index contributed by atoms with van der Waals surface area (Å²) in [6.45, 7) is 0.598. The molecule has 2 nitrogen and oxygen atoms in total. The first-order chi connectivity index (χ1) is 7.32. The van der Waals surface area contributed by atoms with Gasteiger partial charge in [-0.2, -0.15) is 0 Å². The quantitative estimate of drug-likeness (QED) is 0.716. The summed E-state index contributed by atoms with van der Waals surface area (Å²) in [5.41, 5.74) is 2.20. The molecule has 2 rings (SSSR count). The lowest BCUT2D eigenvalue weighted by molar-refractivity contribution is 0.165. The monoisotopic (exact) mass is 201 g/mol. The summed E-state index contributed by atoms with van der Waals surface area (Å²) in [6, 6.07) is 8.23. The van der Waals surface area contributed by atoms with Gasteiger partial charge in [0.05, 0.1) is 18.7 Å². The summed E-state index contributed by atoms with van der Waals surface area (Å²) in [6.07, 6.45) is 7.18. The lowest BCUT2D eigenvalue weighted by atomic mass is 9.93. The Kier molecular flexibility index (Phi) is 2.77. The molecule has 0 heterocycles. The minimum atomic E-state index is -0.317. The molecule has 1 aliphatic carbocycles. The molecule has 0 saturated heterocycles. The number of nitrogens with one attached hydrogen (secondary N) is 1. The van der Waals surface area contributed by atoms with Gasteiger partial charge in [0.1, 0.15) is 0 Å². The van der Waals surface area contributed by atoms with E-state index in [9.17, 15) is 5.11 Å². The van der Waals surface area contributed by atoms with E-state index in [0.717, 1.165) is 12.8 Å². The Morgan fingerprint density at radius 2 is 2.27 bits per heavy atom. The van der Waals surface area contributed by atoms with E-state index in [0.29, 0.717) is 6.54 Å². The van der Waals surface area contributed by atoms with Gasteiger partial charge in [0.15, 0.2) is 0 Å². The highest BCUT2D eigenvalue weighted by Gasteiger charge is 2.37. The molecular formula is C13H15NO. The van der Waals surface area contributed by atoms with Crippen LogP contribution in [-0.4, -0.2) is 18.3 Å². The number of hydrogen-bond donors (Lipinski definition) is 2. The van der Waals surface area contributed by atoms with E-state index in [4.69, 9.17) is 6.42 Å². The Bertz CT molecular complexity index is 394. The molecule has 0 spiro atoms. The molecular weight excluding hydrogens is 186 g/mol. The van der Waals surface area contributed by atoms with E-state index >= 15 is 0 Å². The second-order valence-corrected chi connectivity index (χ2v) is 3.96. The van der Waals surface area contributed by atoms with Gasteiger partial charge in [0.25, 0.3) is 0 Å². The van der Waals surface area contributed by atoms with Crippen LogP contribution in [0.1, 0.15) is 17.5 Å². The van der Waals surface area contributed by atoms with Crippen molar-refractivity contribution in [1.82, 2.24) is 5.32 Å². The van der Waals surface area contributed by atoms with Crippen LogP contribution in [0.5, 0.6) is 0 Å². The number of benzene rings is 1. The van der Waals surface area contributed by atoms with Crippen LogP contribution in [0, 0.1) is 12.3 Å². The highest BCUT2D eigenvalue weighted by molar-refractivity contribution is 5.39. The molecule has 1 aromatic rings. The van der Waals surface area contributed by atoms with E-state index in [1.54, 1.807) is 0 Å². The fourth-order valence-corrected chi connectivity index (χ4v) is 2.31. The predicted molar refractivity (Wildman–Crippen MR) is 60.4 cm³/mol. The van der Waals surface area contributed by atoms with Crippen LogP contribution in [0.4, 0.5) is 0 Å². The van der Waals surface area contributed by atoms with E-state index in [-0.39, 0.29) is 12.1 Å². The third-order valence-corrected chi connectivity index (χ3v) is 3.15. The van der Waals surface area contributed by atoms with Gasteiger partial charge in [-0.1, -0.05) is 30.2 Å². The maximum Gasteiger partial charge on any atom is 0.0682 e. The smallest absolute Gasteiger partial charge is 0.0682 e. The fraction of sp³-hybridized carbons (Fsp3) is 0.385. The lowest BCUT2D eigenvalue weighted by Gasteiger charge is -2.28. The van der Waals surface area contributed by atoms with Gasteiger partial charge in [-0.05, 0) is 24.0 Å². The second kappa shape index (κ2) is 4.06. The molecule has 0 fully saturated rings. The van der Waals surface area contributed by atoms with Crippen molar-refractivity contribution in [2.45, 2.75) is 18.4 Å². The minimum Gasteiger partial charge on any atom is -0.394 e. The topological polar surface area (TPSA) is 32.3 Å². The summed E-state index contributed by atoms with van der Waals surface area (Å²) in [5.74, 6) is 2.56. The van der Waals surface area contributed by atoms with Gasteiger partial charge >= 0.3 is 0 Å². The molecule has 1 atom stereocenters. The third kappa shape index (κ3) is 1.65. The van der Waals surface area contributed by atoms with Gasteiger partial charge in [-0.15, -0.1) is 6.42 Å². The van der Waals surface area contributed by atoms with Gasteiger partial charge < -0.3 is 5.11 Å². The lowest BCUT2D eigenvalue weighted by Crippen LogP contribution is -2.44. The van der Waals surface area contributed by atoms with Crippen LogP contribution >= 0.6 is 0 Å². The van der Waals surface area contributed by atoms with Crippen molar-refractivity contribution in [3.63, 3.8) is 0 Å². The Morgan fingerprint density at radius 1 is 1.47 bits per heavy atom. The van der Waals surface area contributed by atoms with Crippen molar-refractivity contribution in [1.29, 1.82) is 0 Å². The van der Waals surface area contributed by atoms with Gasteiger partial charge in [0.2, 0.25) is 0 Å². The van der Waals surface area contributed by atoms with Crippen molar-refractivity contribution in [2.75, 3.05) is 13.2 Å². The summed E-state index contributed by atoms with van der Waals surface area (Å²) in [5, 5.41) is 12.8. The molecule has 1 aliphatic rings. The fourth-order valence-electron chi connectivity index (χ4n) is 2.31. The molecule has 0 saturated carbocycles. The molecule has 2 heteroatoms. The van der Waals surface area contributed by atoms with E-state index in [2.05, 4.69) is 23.4 Å². The summed E-state index contributed by atoms with van der Waals surface area (Å²) in [7, 11) is 0. The zero-order valence-electron chi connectivity index (χ0n) is 8.66. The normalized spacial score (nSPS) is 23.5. The average molecular weight is 201 g/mol. The molecule has 0 bridgehead atoms. The van der Waals surface area contributed by atoms with Crippen LogP contribution in [0.15, 0.2) is 24.3 Å². The second-order valence-electron chi connectivity index (χ2n) is 3.96. The summed E-state index contributed by atoms with van der Waals surface area (Å²) in [4.78, 5) is 0. The van der Waals surface area contributed by atoms with Crippen LogP contribution in [-0.2, 0) is 12.0 Å². The van der Waals surface area contributed by atoms with Crippen molar-refractivity contribution in [2.24, 2.45) is 0 Å². The minimum absolute atomic E-state index is 0.103. The SMILES string of the molecule is C#CCNC1(CO)CCc2ccccc21. The Morgan fingerprint density at radius 3 is 3.00 bits per heavy atom. The Hall–Kier alpha value is -1.30. The van der Waals surface area contributed by atoms with Crippen LogP contribution < -0.4 is 5.32 Å². The predicted octanol–water partition coefficient (Wildman–Crippen LogP) is 1.04.